The zero-order valence-corrected chi connectivity index (χ0v) is 18.4. The lowest BCUT2D eigenvalue weighted by atomic mass is 10.1. The predicted octanol–water partition coefficient (Wildman–Crippen LogP) is 5.78. The number of carbonyl (C=O) groups is 1. The van der Waals surface area contributed by atoms with Crippen molar-refractivity contribution in [2.24, 2.45) is 0 Å². The van der Waals surface area contributed by atoms with Crippen molar-refractivity contribution in [2.75, 3.05) is 5.32 Å². The second-order valence-electron chi connectivity index (χ2n) is 8.67. The first-order chi connectivity index (χ1) is 14.9. The third-order valence-electron chi connectivity index (χ3n) is 5.98. The Morgan fingerprint density at radius 2 is 1.68 bits per heavy atom. The van der Waals surface area contributed by atoms with Gasteiger partial charge in [-0.15, -0.1) is 0 Å². The van der Waals surface area contributed by atoms with E-state index >= 15 is 0 Å². The SMILES string of the molecule is Cc1ccc(-n2nc(C)c3c(C(=O)Nc4ccc(C)cc4C)cc(C4CC4)nc32)cc1. The molecule has 0 bridgehead atoms. The van der Waals surface area contributed by atoms with Gasteiger partial charge in [0.2, 0.25) is 0 Å². The second kappa shape index (κ2) is 7.34. The molecule has 1 aliphatic carbocycles. The van der Waals surface area contributed by atoms with E-state index in [9.17, 15) is 4.79 Å². The second-order valence-corrected chi connectivity index (χ2v) is 8.67. The Bertz CT molecular complexity index is 1310. The van der Waals surface area contributed by atoms with E-state index in [1.165, 1.54) is 11.1 Å². The zero-order chi connectivity index (χ0) is 21.7. The van der Waals surface area contributed by atoms with Crippen LogP contribution in [0.5, 0.6) is 0 Å². The maximum absolute atomic E-state index is 13.4. The standard InChI is InChI=1S/C26H26N4O/c1-15-5-10-20(11-6-15)30-25-24(18(4)29-30)21(14-23(27-25)19-8-9-19)26(31)28-22-12-7-16(2)13-17(22)3/h5-7,10-14,19H,8-9H2,1-4H3,(H,28,31). The Balaban J connectivity index is 1.65. The Kier molecular flexibility index (Phi) is 4.62. The van der Waals surface area contributed by atoms with Gasteiger partial charge in [0, 0.05) is 17.3 Å². The van der Waals surface area contributed by atoms with E-state index in [0.717, 1.165) is 52.2 Å². The molecule has 5 rings (SSSR count). The number of aromatic nitrogens is 3. The molecule has 0 unspecified atom stereocenters. The number of aryl methyl sites for hydroxylation is 4. The molecular weight excluding hydrogens is 384 g/mol. The molecular formula is C26H26N4O. The minimum Gasteiger partial charge on any atom is -0.322 e. The minimum absolute atomic E-state index is 0.118. The summed E-state index contributed by atoms with van der Waals surface area (Å²) in [5.74, 6) is 0.312. The zero-order valence-electron chi connectivity index (χ0n) is 18.4. The molecule has 4 aromatic rings. The lowest BCUT2D eigenvalue weighted by Crippen LogP contribution is -2.14. The molecule has 0 spiro atoms. The number of nitrogens with one attached hydrogen (secondary N) is 1. The van der Waals surface area contributed by atoms with E-state index in [4.69, 9.17) is 10.1 Å². The van der Waals surface area contributed by atoms with Crippen LogP contribution >= 0.6 is 0 Å². The summed E-state index contributed by atoms with van der Waals surface area (Å²) in [5.41, 5.74) is 8.36. The van der Waals surface area contributed by atoms with E-state index in [2.05, 4.69) is 37.4 Å². The van der Waals surface area contributed by atoms with Gasteiger partial charge in [-0.25, -0.2) is 9.67 Å². The first-order valence-corrected chi connectivity index (χ1v) is 10.8. The van der Waals surface area contributed by atoms with Crippen LogP contribution in [0.25, 0.3) is 16.7 Å². The number of benzene rings is 2. The summed E-state index contributed by atoms with van der Waals surface area (Å²) < 4.78 is 1.86. The van der Waals surface area contributed by atoms with Crippen molar-refractivity contribution in [1.82, 2.24) is 14.8 Å². The third kappa shape index (κ3) is 3.61. The molecule has 1 fully saturated rings. The largest absolute Gasteiger partial charge is 0.322 e. The van der Waals surface area contributed by atoms with Crippen LogP contribution in [-0.2, 0) is 0 Å². The fourth-order valence-corrected chi connectivity index (χ4v) is 4.09. The summed E-state index contributed by atoms with van der Waals surface area (Å²) in [6.07, 6.45) is 2.24. The van der Waals surface area contributed by atoms with Crippen molar-refractivity contribution in [2.45, 2.75) is 46.5 Å². The molecule has 1 aliphatic rings. The van der Waals surface area contributed by atoms with Crippen LogP contribution in [0.1, 0.15) is 57.2 Å². The first kappa shape index (κ1) is 19.5. The van der Waals surface area contributed by atoms with E-state index in [-0.39, 0.29) is 5.91 Å². The number of rotatable bonds is 4. The highest BCUT2D eigenvalue weighted by molar-refractivity contribution is 6.13. The van der Waals surface area contributed by atoms with Crippen molar-refractivity contribution in [1.29, 1.82) is 0 Å². The molecule has 0 atom stereocenters. The van der Waals surface area contributed by atoms with Gasteiger partial charge >= 0.3 is 0 Å². The topological polar surface area (TPSA) is 59.8 Å². The van der Waals surface area contributed by atoms with Crippen molar-refractivity contribution in [3.8, 4) is 5.69 Å². The molecule has 2 aromatic carbocycles. The number of pyridine rings is 1. The van der Waals surface area contributed by atoms with Gasteiger partial charge in [0.15, 0.2) is 5.65 Å². The Labute approximate surface area is 182 Å². The van der Waals surface area contributed by atoms with Crippen LogP contribution < -0.4 is 5.32 Å². The number of anilines is 1. The van der Waals surface area contributed by atoms with E-state index in [1.54, 1.807) is 0 Å². The van der Waals surface area contributed by atoms with Gasteiger partial charge in [0.25, 0.3) is 5.91 Å². The number of fused-ring (bicyclic) bond motifs is 1. The molecule has 0 saturated heterocycles. The maximum atomic E-state index is 13.4. The van der Waals surface area contributed by atoms with Gasteiger partial charge in [-0.05, 0) is 70.4 Å². The average molecular weight is 411 g/mol. The summed E-state index contributed by atoms with van der Waals surface area (Å²) in [5, 5.41) is 8.69. The van der Waals surface area contributed by atoms with Gasteiger partial charge < -0.3 is 5.32 Å². The minimum atomic E-state index is -0.118. The fraction of sp³-hybridized carbons (Fsp3) is 0.269. The van der Waals surface area contributed by atoms with Crippen molar-refractivity contribution >= 4 is 22.6 Å². The lowest BCUT2D eigenvalue weighted by Gasteiger charge is -2.12. The number of carbonyl (C=O) groups excluding carboxylic acids is 1. The predicted molar refractivity (Wildman–Crippen MR) is 124 cm³/mol. The van der Waals surface area contributed by atoms with Gasteiger partial charge in [0.05, 0.1) is 22.3 Å². The molecule has 1 N–H and O–H groups in total. The smallest absolute Gasteiger partial charge is 0.256 e. The molecule has 1 amide bonds. The van der Waals surface area contributed by atoms with Crippen LogP contribution in [0, 0.1) is 27.7 Å². The molecule has 1 saturated carbocycles. The third-order valence-corrected chi connectivity index (χ3v) is 5.98. The lowest BCUT2D eigenvalue weighted by molar-refractivity contribution is 0.102. The Morgan fingerprint density at radius 3 is 2.35 bits per heavy atom. The van der Waals surface area contributed by atoms with Gasteiger partial charge in [0.1, 0.15) is 0 Å². The summed E-state index contributed by atoms with van der Waals surface area (Å²) in [4.78, 5) is 18.4. The van der Waals surface area contributed by atoms with E-state index < -0.39 is 0 Å². The average Bonchev–Trinajstić information content (AvgIpc) is 3.54. The van der Waals surface area contributed by atoms with Crippen molar-refractivity contribution in [3.63, 3.8) is 0 Å². The van der Waals surface area contributed by atoms with Crippen LogP contribution in [0.2, 0.25) is 0 Å². The van der Waals surface area contributed by atoms with Gasteiger partial charge in [-0.3, -0.25) is 4.79 Å². The molecule has 156 valence electrons. The number of nitrogens with zero attached hydrogens (tertiary/aromatic N) is 3. The Morgan fingerprint density at radius 1 is 0.968 bits per heavy atom. The van der Waals surface area contributed by atoms with Crippen LogP contribution in [0.4, 0.5) is 5.69 Å². The quantitative estimate of drug-likeness (QED) is 0.464. The van der Waals surface area contributed by atoms with Gasteiger partial charge in [-0.2, -0.15) is 5.10 Å². The molecule has 0 aliphatic heterocycles. The van der Waals surface area contributed by atoms with E-state index in [0.29, 0.717) is 11.5 Å². The highest BCUT2D eigenvalue weighted by atomic mass is 16.1. The molecule has 31 heavy (non-hydrogen) atoms. The van der Waals surface area contributed by atoms with Crippen LogP contribution in [-0.4, -0.2) is 20.7 Å². The summed E-state index contributed by atoms with van der Waals surface area (Å²) in [6.45, 7) is 8.07. The maximum Gasteiger partial charge on any atom is 0.256 e. The normalized spacial score (nSPS) is 13.5. The van der Waals surface area contributed by atoms with Gasteiger partial charge in [-0.1, -0.05) is 35.4 Å². The summed E-state index contributed by atoms with van der Waals surface area (Å²) in [6, 6.07) is 16.2. The highest BCUT2D eigenvalue weighted by Gasteiger charge is 2.29. The van der Waals surface area contributed by atoms with Crippen molar-refractivity contribution < 1.29 is 4.79 Å². The van der Waals surface area contributed by atoms with Crippen LogP contribution in [0.15, 0.2) is 48.5 Å². The van der Waals surface area contributed by atoms with E-state index in [1.807, 2.05) is 48.9 Å². The van der Waals surface area contributed by atoms with Crippen molar-refractivity contribution in [3.05, 3.63) is 82.2 Å². The van der Waals surface area contributed by atoms with Crippen LogP contribution in [0.3, 0.4) is 0 Å². The Hall–Kier alpha value is -3.47. The number of hydrogen-bond acceptors (Lipinski definition) is 3. The first-order valence-electron chi connectivity index (χ1n) is 10.8. The molecule has 5 nitrogen and oxygen atoms in total. The molecule has 5 heteroatoms. The highest BCUT2D eigenvalue weighted by Crippen LogP contribution is 2.41. The summed E-state index contributed by atoms with van der Waals surface area (Å²) in [7, 11) is 0. The fourth-order valence-electron chi connectivity index (χ4n) is 4.09. The molecule has 2 aromatic heterocycles. The summed E-state index contributed by atoms with van der Waals surface area (Å²) >= 11 is 0. The molecule has 0 radical (unpaired) electrons. The molecule has 2 heterocycles. The number of amides is 1. The monoisotopic (exact) mass is 410 g/mol. The number of hydrogen-bond donors (Lipinski definition) is 1.